The lowest BCUT2D eigenvalue weighted by Gasteiger charge is -2.38. The lowest BCUT2D eigenvalue weighted by molar-refractivity contribution is -0.129. The van der Waals surface area contributed by atoms with E-state index < -0.39 is 51.7 Å². The average Bonchev–Trinajstić information content (AvgIpc) is 3.76. The number of unbranched alkanes of at least 4 members (excludes halogenated alkanes) is 1. The van der Waals surface area contributed by atoms with Gasteiger partial charge in [0.2, 0.25) is 11.8 Å². The van der Waals surface area contributed by atoms with Gasteiger partial charge in [0.25, 0.3) is 10.0 Å². The maximum Gasteiger partial charge on any atom is 0.252 e. The number of likely N-dealkylation sites (tertiary alicyclic amines) is 1. The van der Waals surface area contributed by atoms with Gasteiger partial charge in [0.15, 0.2) is 0 Å². The van der Waals surface area contributed by atoms with Crippen LogP contribution in [-0.2, 0) is 26.0 Å². The van der Waals surface area contributed by atoms with Gasteiger partial charge in [-0.15, -0.1) is 11.3 Å². The van der Waals surface area contributed by atoms with Gasteiger partial charge in [-0.3, -0.25) is 9.59 Å². The van der Waals surface area contributed by atoms with Crippen LogP contribution < -0.4 is 10.6 Å². The summed E-state index contributed by atoms with van der Waals surface area (Å²) in [5.74, 6) is -2.84. The number of aliphatic hydroxyl groups excluding tert-OH is 1. The summed E-state index contributed by atoms with van der Waals surface area (Å²) in [6.07, 6.45) is 1.66. The maximum absolute atomic E-state index is 14.0. The Morgan fingerprint density at radius 2 is 2.00 bits per heavy atom. The number of piperazine rings is 1. The molecule has 3 N–H and O–H groups in total. The van der Waals surface area contributed by atoms with Crippen molar-refractivity contribution >= 4 is 33.2 Å². The Hall–Kier alpha value is -3.24. The summed E-state index contributed by atoms with van der Waals surface area (Å²) in [6, 6.07) is 5.88. The second-order valence-corrected chi connectivity index (χ2v) is 14.4. The third-order valence-corrected chi connectivity index (χ3v) is 11.4. The van der Waals surface area contributed by atoms with Crippen molar-refractivity contribution in [3.8, 4) is 10.6 Å². The van der Waals surface area contributed by atoms with Gasteiger partial charge >= 0.3 is 0 Å². The fraction of sp³-hybridized carbons (Fsp3) is 0.483. The number of thiophene rings is 1. The van der Waals surface area contributed by atoms with E-state index in [9.17, 15) is 31.9 Å². The Morgan fingerprint density at radius 3 is 2.70 bits per heavy atom. The van der Waals surface area contributed by atoms with Gasteiger partial charge in [0.05, 0.1) is 22.9 Å². The second-order valence-electron chi connectivity index (χ2n) is 11.1. The van der Waals surface area contributed by atoms with Crippen molar-refractivity contribution < 1.29 is 36.4 Å². The van der Waals surface area contributed by atoms with Gasteiger partial charge in [-0.1, -0.05) is 18.5 Å². The minimum Gasteiger partial charge on any atom is -0.389 e. The predicted octanol–water partition coefficient (Wildman–Crippen LogP) is 2.38. The smallest absolute Gasteiger partial charge is 0.252 e. The van der Waals surface area contributed by atoms with Crippen LogP contribution >= 0.6 is 11.3 Å². The maximum atomic E-state index is 14.0. The first-order chi connectivity index (χ1) is 21.0. The summed E-state index contributed by atoms with van der Waals surface area (Å²) in [4.78, 5) is 28.1. The third-order valence-electron chi connectivity index (χ3n) is 7.93. The highest BCUT2D eigenvalue weighted by Crippen LogP contribution is 2.32. The van der Waals surface area contributed by atoms with Gasteiger partial charge in [0, 0.05) is 57.3 Å². The SMILES string of the molecule is CCCCN1CC(C(=O)NC(Cc2cc(F)cc(F)c2)[C@H](O)[C@H]2CN(S(=O)(=O)c3ccc(-c4ccon4)s3)CCN2)CC1=O. The molecule has 2 aliphatic rings. The summed E-state index contributed by atoms with van der Waals surface area (Å²) < 4.78 is 61.4. The van der Waals surface area contributed by atoms with Crippen molar-refractivity contribution in [1.82, 2.24) is 25.0 Å². The van der Waals surface area contributed by atoms with E-state index in [0.717, 1.165) is 42.4 Å². The Kier molecular flexibility index (Phi) is 10.1. The zero-order valence-corrected chi connectivity index (χ0v) is 25.8. The molecule has 5 rings (SSSR count). The molecule has 2 fully saturated rings. The van der Waals surface area contributed by atoms with Gasteiger partial charge in [-0.05, 0) is 42.7 Å². The lowest BCUT2D eigenvalue weighted by atomic mass is 9.94. The van der Waals surface area contributed by atoms with Crippen molar-refractivity contribution in [3.05, 3.63) is 59.9 Å². The number of hydrogen-bond donors (Lipinski definition) is 3. The molecule has 15 heteroatoms. The van der Waals surface area contributed by atoms with Crippen LogP contribution in [0.1, 0.15) is 31.7 Å². The monoisotopic (exact) mass is 651 g/mol. The Morgan fingerprint density at radius 1 is 1.23 bits per heavy atom. The fourth-order valence-electron chi connectivity index (χ4n) is 5.59. The van der Waals surface area contributed by atoms with Crippen LogP contribution in [0.3, 0.4) is 0 Å². The molecule has 4 heterocycles. The van der Waals surface area contributed by atoms with Crippen LogP contribution in [0.25, 0.3) is 10.6 Å². The van der Waals surface area contributed by atoms with E-state index in [-0.39, 0.29) is 54.7 Å². The normalized spacial score (nSPS) is 21.0. The lowest BCUT2D eigenvalue weighted by Crippen LogP contribution is -2.62. The summed E-state index contributed by atoms with van der Waals surface area (Å²) >= 11 is 1.04. The summed E-state index contributed by atoms with van der Waals surface area (Å²) in [7, 11) is -3.94. The van der Waals surface area contributed by atoms with Crippen molar-refractivity contribution in [3.63, 3.8) is 0 Å². The zero-order chi connectivity index (χ0) is 31.4. The number of nitrogens with one attached hydrogen (secondary N) is 2. The predicted molar refractivity (Wildman–Crippen MR) is 158 cm³/mol. The molecule has 0 bridgehead atoms. The van der Waals surface area contributed by atoms with Gasteiger partial charge in [-0.25, -0.2) is 17.2 Å². The second kappa shape index (κ2) is 13.8. The molecule has 2 unspecified atom stereocenters. The van der Waals surface area contributed by atoms with Crippen LogP contribution in [0, 0.1) is 17.6 Å². The Balaban J connectivity index is 1.33. The van der Waals surface area contributed by atoms with E-state index in [4.69, 9.17) is 4.52 Å². The number of aliphatic hydroxyl groups is 1. The molecule has 238 valence electrons. The molecule has 2 aromatic heterocycles. The minimum atomic E-state index is -3.94. The largest absolute Gasteiger partial charge is 0.389 e. The molecule has 4 atom stereocenters. The first kappa shape index (κ1) is 32.2. The van der Waals surface area contributed by atoms with Crippen LogP contribution in [0.5, 0.6) is 0 Å². The topological polar surface area (TPSA) is 145 Å². The van der Waals surface area contributed by atoms with Crippen molar-refractivity contribution in [2.45, 2.75) is 55.0 Å². The van der Waals surface area contributed by atoms with Gasteiger partial charge < -0.3 is 25.2 Å². The quantitative estimate of drug-likeness (QED) is 0.271. The number of carbonyl (C=O) groups excluding carboxylic acids is 2. The number of rotatable bonds is 12. The first-order valence-corrected chi connectivity index (χ1v) is 16.8. The fourth-order valence-corrected chi connectivity index (χ4v) is 8.48. The summed E-state index contributed by atoms with van der Waals surface area (Å²) in [6.45, 7) is 3.06. The number of hydrogen-bond acceptors (Lipinski definition) is 9. The standard InChI is InChI=1S/C29H35F2N5O6S2/c1-2-3-8-35-16-19(14-26(35)37)29(39)33-23(13-18-11-20(30)15-21(31)12-18)28(38)24-17-36(9-7-32-24)44(40,41)27-5-4-25(43-27)22-6-10-42-34-22/h4-6,10-12,15,19,23-24,28,32,38H,2-3,7-9,13-14,16-17H2,1H3,(H,33,39)/t19?,23?,24-,28+/m1/s1. The molecule has 0 aliphatic carbocycles. The number of aromatic nitrogens is 1. The molecule has 0 radical (unpaired) electrons. The van der Waals surface area contributed by atoms with E-state index >= 15 is 0 Å². The molecular weight excluding hydrogens is 616 g/mol. The molecule has 0 spiro atoms. The van der Waals surface area contributed by atoms with E-state index in [1.165, 1.54) is 16.6 Å². The average molecular weight is 652 g/mol. The van der Waals surface area contributed by atoms with Crippen molar-refractivity contribution in [1.29, 1.82) is 0 Å². The first-order valence-electron chi connectivity index (χ1n) is 14.5. The summed E-state index contributed by atoms with van der Waals surface area (Å²) in [5.41, 5.74) is 0.716. The Labute approximate surface area is 258 Å². The minimum absolute atomic E-state index is 0.0256. The van der Waals surface area contributed by atoms with Crippen molar-refractivity contribution in [2.24, 2.45) is 5.92 Å². The molecule has 2 aliphatic heterocycles. The van der Waals surface area contributed by atoms with Crippen LogP contribution in [-0.4, -0.2) is 90.6 Å². The van der Waals surface area contributed by atoms with Crippen LogP contribution in [0.15, 0.2) is 51.4 Å². The van der Waals surface area contributed by atoms with E-state index in [1.807, 2.05) is 6.92 Å². The van der Waals surface area contributed by atoms with Crippen LogP contribution in [0.2, 0.25) is 0 Å². The number of halogens is 2. The molecule has 0 saturated carbocycles. The van der Waals surface area contributed by atoms with Gasteiger partial charge in [0.1, 0.15) is 27.8 Å². The number of amides is 2. The van der Waals surface area contributed by atoms with Crippen molar-refractivity contribution in [2.75, 3.05) is 32.7 Å². The van der Waals surface area contributed by atoms with Crippen LogP contribution in [0.4, 0.5) is 8.78 Å². The highest BCUT2D eigenvalue weighted by molar-refractivity contribution is 7.91. The number of carbonyl (C=O) groups is 2. The molecule has 11 nitrogen and oxygen atoms in total. The van der Waals surface area contributed by atoms with Gasteiger partial charge in [-0.2, -0.15) is 4.31 Å². The number of benzene rings is 1. The molecule has 3 aromatic rings. The molecule has 2 amide bonds. The third kappa shape index (κ3) is 7.34. The molecule has 1 aromatic carbocycles. The highest BCUT2D eigenvalue weighted by atomic mass is 32.2. The van der Waals surface area contributed by atoms with E-state index in [1.54, 1.807) is 17.0 Å². The highest BCUT2D eigenvalue weighted by Gasteiger charge is 2.39. The zero-order valence-electron chi connectivity index (χ0n) is 24.1. The molecule has 44 heavy (non-hydrogen) atoms. The van der Waals surface area contributed by atoms with E-state index in [2.05, 4.69) is 15.8 Å². The number of sulfonamides is 1. The van der Waals surface area contributed by atoms with E-state index in [0.29, 0.717) is 17.1 Å². The Bertz CT molecular complexity index is 1550. The molecular formula is C29H35F2N5O6S2. The summed E-state index contributed by atoms with van der Waals surface area (Å²) in [5, 5.41) is 21.3. The number of nitrogens with zero attached hydrogens (tertiary/aromatic N) is 3. The molecule has 2 saturated heterocycles.